The van der Waals surface area contributed by atoms with Crippen LogP contribution in [0.25, 0.3) is 0 Å². The van der Waals surface area contributed by atoms with Gasteiger partial charge in [-0.1, -0.05) is 6.07 Å². The van der Waals surface area contributed by atoms with Gasteiger partial charge in [-0.2, -0.15) is 13.2 Å². The van der Waals surface area contributed by atoms with Crippen molar-refractivity contribution in [3.8, 4) is 0 Å². The highest BCUT2D eigenvalue weighted by Gasteiger charge is 2.35. The number of carboxylic acid groups (broad SMARTS) is 1. The lowest BCUT2D eigenvalue weighted by Crippen LogP contribution is -2.49. The summed E-state index contributed by atoms with van der Waals surface area (Å²) in [7, 11) is 1.63. The van der Waals surface area contributed by atoms with Crippen molar-refractivity contribution in [2.45, 2.75) is 58.0 Å². The highest BCUT2D eigenvalue weighted by molar-refractivity contribution is 5.88. The molecule has 9 heteroatoms. The Morgan fingerprint density at radius 3 is 2.48 bits per heavy atom. The number of nitrogens with zero attached hydrogens (tertiary/aromatic N) is 2. The molecule has 162 valence electrons. The predicted molar refractivity (Wildman–Crippen MR) is 101 cm³/mol. The number of benzene rings is 1. The number of rotatable bonds is 4. The van der Waals surface area contributed by atoms with Crippen molar-refractivity contribution in [1.29, 1.82) is 0 Å². The van der Waals surface area contributed by atoms with E-state index in [2.05, 4.69) is 0 Å². The Morgan fingerprint density at radius 2 is 1.93 bits per heavy atom. The van der Waals surface area contributed by atoms with E-state index in [4.69, 9.17) is 9.84 Å². The molecule has 1 fully saturated rings. The van der Waals surface area contributed by atoms with Gasteiger partial charge >= 0.3 is 18.2 Å². The monoisotopic (exact) mass is 416 g/mol. The Labute approximate surface area is 168 Å². The van der Waals surface area contributed by atoms with Crippen molar-refractivity contribution in [2.24, 2.45) is 0 Å². The minimum Gasteiger partial charge on any atom is -0.478 e. The summed E-state index contributed by atoms with van der Waals surface area (Å²) in [5.74, 6) is -1.40. The Bertz CT molecular complexity index is 759. The normalized spacial score (nSPS) is 18.4. The first kappa shape index (κ1) is 23.0. The molecule has 0 aromatic heterocycles. The van der Waals surface area contributed by atoms with Crippen molar-refractivity contribution in [3.63, 3.8) is 0 Å². The van der Waals surface area contributed by atoms with Crippen LogP contribution in [0.1, 0.15) is 55.1 Å². The summed E-state index contributed by atoms with van der Waals surface area (Å²) >= 11 is 0. The number of likely N-dealkylation sites (tertiary alicyclic amines) is 1. The molecule has 6 nitrogen and oxygen atoms in total. The van der Waals surface area contributed by atoms with Crippen LogP contribution in [0.4, 0.5) is 18.0 Å². The fourth-order valence-electron chi connectivity index (χ4n) is 3.33. The molecule has 1 saturated heterocycles. The number of ether oxygens (including phenoxy) is 1. The molecule has 1 atom stereocenters. The maximum absolute atomic E-state index is 13.4. The molecular formula is C20H27F3N2O4. The van der Waals surface area contributed by atoms with Crippen LogP contribution in [0.2, 0.25) is 0 Å². The minimum atomic E-state index is -4.65. The summed E-state index contributed by atoms with van der Waals surface area (Å²) in [5.41, 5.74) is -1.96. The smallest absolute Gasteiger partial charge is 0.416 e. The lowest BCUT2D eigenvalue weighted by atomic mass is 10.00. The van der Waals surface area contributed by atoms with Crippen LogP contribution in [-0.2, 0) is 17.5 Å². The SMILES string of the molecule is CN(C(=O)OC(C)(C)C)C1CCCN(Cc2ccc(C(=O)O)cc2C(F)(F)F)C1. The van der Waals surface area contributed by atoms with Crippen molar-refractivity contribution in [2.75, 3.05) is 20.1 Å². The quantitative estimate of drug-likeness (QED) is 0.795. The van der Waals surface area contributed by atoms with Gasteiger partial charge in [0.15, 0.2) is 0 Å². The van der Waals surface area contributed by atoms with E-state index in [-0.39, 0.29) is 18.2 Å². The summed E-state index contributed by atoms with van der Waals surface area (Å²) in [6.07, 6.45) is -3.66. The van der Waals surface area contributed by atoms with E-state index < -0.39 is 35.0 Å². The molecule has 0 radical (unpaired) electrons. The Hall–Kier alpha value is -2.29. The van der Waals surface area contributed by atoms with Gasteiger partial charge in [0.2, 0.25) is 0 Å². The molecule has 1 aliphatic rings. The standard InChI is InChI=1S/C20H27F3N2O4/c1-19(2,3)29-18(28)24(4)15-6-5-9-25(12-15)11-14-8-7-13(17(26)27)10-16(14)20(21,22)23/h7-8,10,15H,5-6,9,11-12H2,1-4H3,(H,26,27). The predicted octanol–water partition coefficient (Wildman–Crippen LogP) is 4.23. The number of amides is 1. The highest BCUT2D eigenvalue weighted by atomic mass is 19.4. The van der Waals surface area contributed by atoms with E-state index in [1.807, 2.05) is 4.90 Å². The number of aromatic carboxylic acids is 1. The third-order valence-corrected chi connectivity index (χ3v) is 4.77. The highest BCUT2D eigenvalue weighted by Crippen LogP contribution is 2.34. The molecule has 1 N–H and O–H groups in total. The Balaban J connectivity index is 2.14. The molecule has 0 aliphatic carbocycles. The zero-order valence-corrected chi connectivity index (χ0v) is 17.0. The molecule has 1 aromatic carbocycles. The van der Waals surface area contributed by atoms with Gasteiger partial charge in [0, 0.05) is 26.2 Å². The second kappa shape index (κ2) is 8.61. The number of hydrogen-bond acceptors (Lipinski definition) is 4. The molecule has 0 saturated carbocycles. The zero-order chi connectivity index (χ0) is 22.0. The average molecular weight is 416 g/mol. The second-order valence-corrected chi connectivity index (χ2v) is 8.30. The first-order valence-electron chi connectivity index (χ1n) is 9.39. The van der Waals surface area contributed by atoms with E-state index in [0.717, 1.165) is 12.8 Å². The van der Waals surface area contributed by atoms with Crippen molar-refractivity contribution >= 4 is 12.1 Å². The molecule has 0 bridgehead atoms. The summed E-state index contributed by atoms with van der Waals surface area (Å²) in [5, 5.41) is 8.99. The topological polar surface area (TPSA) is 70.1 Å². The molecule has 2 rings (SSSR count). The molecule has 1 amide bonds. The summed E-state index contributed by atoms with van der Waals surface area (Å²) in [4.78, 5) is 26.7. The van der Waals surface area contributed by atoms with Gasteiger partial charge in [-0.3, -0.25) is 4.90 Å². The molecular weight excluding hydrogens is 389 g/mol. The fourth-order valence-corrected chi connectivity index (χ4v) is 3.33. The lowest BCUT2D eigenvalue weighted by molar-refractivity contribution is -0.138. The summed E-state index contributed by atoms with van der Waals surface area (Å²) in [6.45, 7) is 6.33. The number of alkyl halides is 3. The van der Waals surface area contributed by atoms with Crippen LogP contribution in [0.15, 0.2) is 18.2 Å². The van der Waals surface area contributed by atoms with E-state index >= 15 is 0 Å². The zero-order valence-electron chi connectivity index (χ0n) is 17.0. The number of likely N-dealkylation sites (N-methyl/N-ethyl adjacent to an activating group) is 1. The van der Waals surface area contributed by atoms with E-state index in [1.165, 1.54) is 17.0 Å². The summed E-state index contributed by atoms with van der Waals surface area (Å²) < 4.78 is 45.7. The van der Waals surface area contributed by atoms with Gasteiger partial charge in [0.05, 0.1) is 11.1 Å². The lowest BCUT2D eigenvalue weighted by Gasteiger charge is -2.38. The van der Waals surface area contributed by atoms with Crippen LogP contribution < -0.4 is 0 Å². The second-order valence-electron chi connectivity index (χ2n) is 8.30. The van der Waals surface area contributed by atoms with E-state index in [1.54, 1.807) is 27.8 Å². The maximum Gasteiger partial charge on any atom is 0.416 e. The summed E-state index contributed by atoms with van der Waals surface area (Å²) in [6, 6.07) is 2.90. The molecule has 0 spiro atoms. The Morgan fingerprint density at radius 1 is 1.28 bits per heavy atom. The largest absolute Gasteiger partial charge is 0.478 e. The third-order valence-electron chi connectivity index (χ3n) is 4.77. The Kier molecular flexibility index (Phi) is 6.82. The van der Waals surface area contributed by atoms with E-state index in [0.29, 0.717) is 19.2 Å². The van der Waals surface area contributed by atoms with E-state index in [9.17, 15) is 22.8 Å². The van der Waals surface area contributed by atoms with Crippen LogP contribution in [-0.4, -0.2) is 58.7 Å². The van der Waals surface area contributed by atoms with Crippen molar-refractivity contribution in [1.82, 2.24) is 9.80 Å². The number of hydrogen-bond donors (Lipinski definition) is 1. The van der Waals surface area contributed by atoms with Crippen LogP contribution in [0.5, 0.6) is 0 Å². The number of carbonyl (C=O) groups is 2. The van der Waals surface area contributed by atoms with Gasteiger partial charge in [0.1, 0.15) is 5.60 Å². The van der Waals surface area contributed by atoms with Gasteiger partial charge in [-0.15, -0.1) is 0 Å². The number of carbonyl (C=O) groups excluding carboxylic acids is 1. The van der Waals surface area contributed by atoms with Crippen LogP contribution in [0, 0.1) is 0 Å². The fraction of sp³-hybridized carbons (Fsp3) is 0.600. The molecule has 1 aliphatic heterocycles. The van der Waals surface area contributed by atoms with Gasteiger partial charge in [0.25, 0.3) is 0 Å². The molecule has 1 aromatic rings. The van der Waals surface area contributed by atoms with Crippen LogP contribution >= 0.6 is 0 Å². The molecule has 29 heavy (non-hydrogen) atoms. The average Bonchev–Trinajstić information content (AvgIpc) is 2.59. The first-order valence-corrected chi connectivity index (χ1v) is 9.39. The minimum absolute atomic E-state index is 0.0167. The molecule has 1 heterocycles. The number of halogens is 3. The van der Waals surface area contributed by atoms with Gasteiger partial charge < -0.3 is 14.7 Å². The van der Waals surface area contributed by atoms with Gasteiger partial charge in [-0.25, -0.2) is 9.59 Å². The third kappa shape index (κ3) is 6.35. The number of piperidine rings is 1. The maximum atomic E-state index is 13.4. The first-order chi connectivity index (χ1) is 13.3. The molecule has 1 unspecified atom stereocenters. The number of carboxylic acids is 1. The van der Waals surface area contributed by atoms with Crippen LogP contribution in [0.3, 0.4) is 0 Å². The van der Waals surface area contributed by atoms with Gasteiger partial charge in [-0.05, 0) is 57.9 Å². The van der Waals surface area contributed by atoms with Crippen molar-refractivity contribution in [3.05, 3.63) is 34.9 Å². The van der Waals surface area contributed by atoms with Crippen molar-refractivity contribution < 1.29 is 32.6 Å².